The van der Waals surface area contributed by atoms with Crippen LogP contribution < -0.4 is 0 Å². The van der Waals surface area contributed by atoms with E-state index in [0.29, 0.717) is 0 Å². The molecule has 0 nitrogen and oxygen atoms in total. The Morgan fingerprint density at radius 1 is 0.155 bits per heavy atom. The fourth-order valence-electron chi connectivity index (χ4n) is 10.1. The Bertz CT molecular complexity index is 4240. The Morgan fingerprint density at radius 2 is 0.488 bits per heavy atom. The molecular formula is C84H74. The lowest BCUT2D eigenvalue weighted by molar-refractivity contribution is 1.46. The molecule has 0 aliphatic carbocycles. The highest BCUT2D eigenvalue weighted by Crippen LogP contribution is 2.30. The van der Waals surface area contributed by atoms with Crippen LogP contribution in [0, 0.1) is 41.5 Å². The number of benzene rings is 14. The highest BCUT2D eigenvalue weighted by atomic mass is 14.1. The number of rotatable bonds is 5. The molecular weight excluding hydrogens is 1010 g/mol. The molecule has 410 valence electrons. The smallest absolute Gasteiger partial charge is 0.0105 e. The van der Waals surface area contributed by atoms with E-state index in [1.165, 1.54) is 121 Å². The maximum atomic E-state index is 2.25. The molecule has 0 heteroatoms. The van der Waals surface area contributed by atoms with E-state index < -0.39 is 0 Å². The Morgan fingerprint density at radius 3 is 1.05 bits per heavy atom. The Balaban J connectivity index is 0.000000122. The van der Waals surface area contributed by atoms with Crippen LogP contribution in [-0.4, -0.2) is 0 Å². The summed E-state index contributed by atoms with van der Waals surface area (Å²) in [6.45, 7) is 12.7. The van der Waals surface area contributed by atoms with Gasteiger partial charge >= 0.3 is 0 Å². The minimum absolute atomic E-state index is 1.28. The molecule has 0 N–H and O–H groups in total. The lowest BCUT2D eigenvalue weighted by Crippen LogP contribution is -1.81. The normalized spacial score (nSPS) is 10.3. The molecule has 0 spiro atoms. The van der Waals surface area contributed by atoms with Gasteiger partial charge in [-0.3, -0.25) is 0 Å². The maximum Gasteiger partial charge on any atom is -0.0105 e. The monoisotopic (exact) mass is 1080 g/mol. The predicted octanol–water partition coefficient (Wildman–Crippen LogP) is 23.8. The SMILES string of the molecule is Cc1ccc(-c2ccc3ccccc3c2)cc1.Cc1ccc(-c2cccc3ccccc23)cc1.Cc1ccc(-c2ccccc2)cc1.Cc1cccc(-c2ccccc2)c1.Cc1cccc2ccccc12.Cc1ccccc1-c1ccccc1. The van der Waals surface area contributed by atoms with Crippen molar-refractivity contribution in [2.45, 2.75) is 41.5 Å². The van der Waals surface area contributed by atoms with E-state index in [-0.39, 0.29) is 0 Å². The number of fused-ring (bicyclic) bond motifs is 3. The zero-order chi connectivity index (χ0) is 58.3. The second-order valence-electron chi connectivity index (χ2n) is 21.3. The summed E-state index contributed by atoms with van der Waals surface area (Å²) < 4.78 is 0. The molecule has 0 saturated heterocycles. The van der Waals surface area contributed by atoms with E-state index >= 15 is 0 Å². The van der Waals surface area contributed by atoms with Gasteiger partial charge in [0.25, 0.3) is 0 Å². The predicted molar refractivity (Wildman–Crippen MR) is 367 cm³/mol. The van der Waals surface area contributed by atoms with Crippen LogP contribution in [0.15, 0.2) is 340 Å². The third-order valence-electron chi connectivity index (χ3n) is 14.8. The van der Waals surface area contributed by atoms with Crippen molar-refractivity contribution in [1.29, 1.82) is 0 Å². The third-order valence-corrected chi connectivity index (χ3v) is 14.8. The molecule has 14 rings (SSSR count). The average Bonchev–Trinajstić information content (AvgIpc) is 3.69. The minimum Gasteiger partial charge on any atom is -0.0622 e. The van der Waals surface area contributed by atoms with Crippen molar-refractivity contribution in [1.82, 2.24) is 0 Å². The molecule has 84 heavy (non-hydrogen) atoms. The summed E-state index contributed by atoms with van der Waals surface area (Å²) in [5.41, 5.74) is 20.8. The topological polar surface area (TPSA) is 0 Å². The Labute approximate surface area is 499 Å². The maximum absolute atomic E-state index is 2.25. The average molecular weight is 1080 g/mol. The van der Waals surface area contributed by atoms with Gasteiger partial charge in [0.2, 0.25) is 0 Å². The van der Waals surface area contributed by atoms with Crippen LogP contribution in [0.3, 0.4) is 0 Å². The van der Waals surface area contributed by atoms with E-state index in [4.69, 9.17) is 0 Å². The van der Waals surface area contributed by atoms with Gasteiger partial charge in [-0.05, 0) is 147 Å². The summed E-state index contributed by atoms with van der Waals surface area (Å²) in [6, 6.07) is 119. The van der Waals surface area contributed by atoms with Crippen molar-refractivity contribution in [3.05, 3.63) is 373 Å². The van der Waals surface area contributed by atoms with Crippen molar-refractivity contribution in [3.8, 4) is 55.6 Å². The minimum atomic E-state index is 1.28. The first-order chi connectivity index (χ1) is 41.1. The van der Waals surface area contributed by atoms with E-state index in [9.17, 15) is 0 Å². The van der Waals surface area contributed by atoms with Crippen LogP contribution in [0.25, 0.3) is 88.0 Å². The van der Waals surface area contributed by atoms with Gasteiger partial charge in [0.05, 0.1) is 0 Å². The molecule has 0 amide bonds. The molecule has 0 saturated carbocycles. The number of hydrogen-bond donors (Lipinski definition) is 0. The van der Waals surface area contributed by atoms with Gasteiger partial charge in [0.15, 0.2) is 0 Å². The van der Waals surface area contributed by atoms with Crippen molar-refractivity contribution in [3.63, 3.8) is 0 Å². The van der Waals surface area contributed by atoms with E-state index in [0.717, 1.165) is 0 Å². The first-order valence-corrected chi connectivity index (χ1v) is 29.1. The number of aryl methyl sites for hydroxylation is 6. The van der Waals surface area contributed by atoms with Gasteiger partial charge in [-0.25, -0.2) is 0 Å². The van der Waals surface area contributed by atoms with Gasteiger partial charge in [0, 0.05) is 0 Å². The molecule has 0 aliphatic heterocycles. The van der Waals surface area contributed by atoms with E-state index in [1.54, 1.807) is 0 Å². The molecule has 0 atom stereocenters. The molecule has 0 bridgehead atoms. The van der Waals surface area contributed by atoms with Crippen LogP contribution >= 0.6 is 0 Å². The van der Waals surface area contributed by atoms with Gasteiger partial charge < -0.3 is 0 Å². The van der Waals surface area contributed by atoms with Crippen LogP contribution in [0.5, 0.6) is 0 Å². The summed E-state index contributed by atoms with van der Waals surface area (Å²) in [6.07, 6.45) is 0. The second-order valence-corrected chi connectivity index (χ2v) is 21.3. The Kier molecular flexibility index (Phi) is 20.9. The first-order valence-electron chi connectivity index (χ1n) is 29.1. The second kappa shape index (κ2) is 30.1. The summed E-state index contributed by atoms with van der Waals surface area (Å²) in [7, 11) is 0. The lowest BCUT2D eigenvalue weighted by Gasteiger charge is -2.07. The third kappa shape index (κ3) is 16.7. The molecule has 0 heterocycles. The molecule has 0 aliphatic rings. The lowest BCUT2D eigenvalue weighted by atomic mass is 9.98. The van der Waals surface area contributed by atoms with Crippen LogP contribution in [-0.2, 0) is 0 Å². The van der Waals surface area contributed by atoms with Crippen molar-refractivity contribution in [2.24, 2.45) is 0 Å². The fourth-order valence-corrected chi connectivity index (χ4v) is 10.1. The van der Waals surface area contributed by atoms with Crippen LogP contribution in [0.2, 0.25) is 0 Å². The number of hydrogen-bond acceptors (Lipinski definition) is 0. The summed E-state index contributed by atoms with van der Waals surface area (Å²) in [5.74, 6) is 0. The summed E-state index contributed by atoms with van der Waals surface area (Å²) in [5, 5.41) is 7.89. The molecule has 14 aromatic carbocycles. The standard InChI is InChI=1S/2C17H14.3C13H12.C11H10/c1-13-9-11-15(12-10-13)17-8-4-6-14-5-2-3-7-16(14)17;1-13-6-8-15(9-7-13)17-11-10-14-4-2-3-5-16(14)12-17;1-11-7-5-6-10-13(11)12-8-3-2-4-9-12;1-11-6-5-9-13(10-11)12-7-3-2-4-8-12;1-11-7-9-13(10-8-11)12-5-3-2-4-6-12;1-9-5-4-7-10-6-2-3-8-11(9)10/h2*2-12H,1H3;3*2-10H,1H3;2-8H,1H3. The largest absolute Gasteiger partial charge is 0.0622 e. The fraction of sp³-hybridized carbons (Fsp3) is 0.0714. The Hall–Kier alpha value is -10.1. The van der Waals surface area contributed by atoms with Crippen LogP contribution in [0.1, 0.15) is 33.4 Å². The van der Waals surface area contributed by atoms with Crippen LogP contribution in [0.4, 0.5) is 0 Å². The zero-order valence-electron chi connectivity index (χ0n) is 49.3. The molecule has 0 radical (unpaired) electrons. The molecule has 0 fully saturated rings. The summed E-state index contributed by atoms with van der Waals surface area (Å²) >= 11 is 0. The highest BCUT2D eigenvalue weighted by molar-refractivity contribution is 5.96. The quantitative estimate of drug-likeness (QED) is 0.161. The van der Waals surface area contributed by atoms with Gasteiger partial charge in [0.1, 0.15) is 0 Å². The van der Waals surface area contributed by atoms with Gasteiger partial charge in [-0.2, -0.15) is 0 Å². The van der Waals surface area contributed by atoms with E-state index in [1.807, 2.05) is 18.2 Å². The van der Waals surface area contributed by atoms with Gasteiger partial charge in [-0.15, -0.1) is 0 Å². The highest BCUT2D eigenvalue weighted by Gasteiger charge is 2.04. The molecule has 0 aromatic heterocycles. The first kappa shape index (κ1) is 58.5. The zero-order valence-corrected chi connectivity index (χ0v) is 49.3. The van der Waals surface area contributed by atoms with Gasteiger partial charge in [-0.1, -0.05) is 356 Å². The summed E-state index contributed by atoms with van der Waals surface area (Å²) in [4.78, 5) is 0. The van der Waals surface area contributed by atoms with Crippen molar-refractivity contribution >= 4 is 32.3 Å². The van der Waals surface area contributed by atoms with E-state index in [2.05, 4.69) is 363 Å². The molecule has 14 aromatic rings. The van der Waals surface area contributed by atoms with Crippen molar-refractivity contribution < 1.29 is 0 Å². The molecule has 0 unspecified atom stereocenters. The van der Waals surface area contributed by atoms with Crippen molar-refractivity contribution in [2.75, 3.05) is 0 Å².